The Hall–Kier alpha value is -2.83. The average molecular weight is 328 g/mol. The number of benzene rings is 1. The van der Waals surface area contributed by atoms with Crippen molar-refractivity contribution in [2.24, 2.45) is 0 Å². The predicted octanol–water partition coefficient (Wildman–Crippen LogP) is 1.18. The maximum absolute atomic E-state index is 12.3. The summed E-state index contributed by atoms with van der Waals surface area (Å²) < 4.78 is 5.09. The molecule has 2 N–H and O–H groups in total. The van der Waals surface area contributed by atoms with Gasteiger partial charge >= 0.3 is 0 Å². The molecule has 7 heteroatoms. The molecule has 7 nitrogen and oxygen atoms in total. The molecule has 1 aliphatic rings. The van der Waals surface area contributed by atoms with Gasteiger partial charge in [0.05, 0.1) is 19.0 Å². The van der Waals surface area contributed by atoms with Gasteiger partial charge in [-0.1, -0.05) is 0 Å². The first kappa shape index (κ1) is 16.0. The molecule has 1 aliphatic heterocycles. The van der Waals surface area contributed by atoms with Gasteiger partial charge in [0.1, 0.15) is 5.75 Å². The quantitative estimate of drug-likeness (QED) is 0.880. The number of ether oxygens (including phenoxy) is 1. The van der Waals surface area contributed by atoms with E-state index in [9.17, 15) is 9.59 Å². The summed E-state index contributed by atoms with van der Waals surface area (Å²) in [5.74, 6) is 0.653. The van der Waals surface area contributed by atoms with E-state index in [1.165, 1.54) is 0 Å². The maximum Gasteiger partial charge on any atom is 0.266 e. The molecule has 1 aromatic heterocycles. The zero-order valence-electron chi connectivity index (χ0n) is 13.5. The molecule has 1 saturated heterocycles. The lowest BCUT2D eigenvalue weighted by molar-refractivity contribution is 0.0931. The summed E-state index contributed by atoms with van der Waals surface area (Å²) in [6, 6.07) is 8.74. The summed E-state index contributed by atoms with van der Waals surface area (Å²) >= 11 is 0. The van der Waals surface area contributed by atoms with Gasteiger partial charge in [0.15, 0.2) is 0 Å². The van der Waals surface area contributed by atoms with Crippen LogP contribution >= 0.6 is 0 Å². The Morgan fingerprint density at radius 3 is 2.62 bits per heavy atom. The van der Waals surface area contributed by atoms with Crippen LogP contribution in [0, 0.1) is 0 Å². The molecular formula is C17H20N4O3. The van der Waals surface area contributed by atoms with Gasteiger partial charge in [0.25, 0.3) is 11.5 Å². The van der Waals surface area contributed by atoms with Crippen molar-refractivity contribution in [2.45, 2.75) is 18.9 Å². The Morgan fingerprint density at radius 2 is 2.00 bits per heavy atom. The molecule has 126 valence electrons. The van der Waals surface area contributed by atoms with Crippen LogP contribution in [0.5, 0.6) is 5.75 Å². The van der Waals surface area contributed by atoms with E-state index >= 15 is 0 Å². The highest BCUT2D eigenvalue weighted by atomic mass is 16.5. The standard InChI is InChI=1S/C17H20N4O3/c1-24-15-4-2-12(3-5-15)17(23)19-13-6-8-21(9-7-13)14-10-16(22)20-18-11-14/h2-5,10-11,13H,6-9H2,1H3,(H,19,23)(H,20,22). The van der Waals surface area contributed by atoms with Gasteiger partial charge in [-0.05, 0) is 37.1 Å². The predicted molar refractivity (Wildman–Crippen MR) is 90.6 cm³/mol. The molecule has 0 aliphatic carbocycles. The van der Waals surface area contributed by atoms with Gasteiger partial charge in [0, 0.05) is 30.8 Å². The Kier molecular flexibility index (Phi) is 4.79. The Balaban J connectivity index is 1.54. The molecule has 0 bridgehead atoms. The molecule has 24 heavy (non-hydrogen) atoms. The Morgan fingerprint density at radius 1 is 1.29 bits per heavy atom. The molecule has 0 unspecified atom stereocenters. The third-order valence-electron chi connectivity index (χ3n) is 4.20. The first-order valence-corrected chi connectivity index (χ1v) is 7.90. The lowest BCUT2D eigenvalue weighted by atomic mass is 10.0. The van der Waals surface area contributed by atoms with Crippen molar-refractivity contribution in [1.29, 1.82) is 0 Å². The van der Waals surface area contributed by atoms with Crippen LogP contribution in [0.25, 0.3) is 0 Å². The van der Waals surface area contributed by atoms with Crippen molar-refractivity contribution in [3.8, 4) is 5.75 Å². The zero-order valence-corrected chi connectivity index (χ0v) is 13.5. The van der Waals surface area contributed by atoms with Crippen LogP contribution in [-0.4, -0.2) is 42.3 Å². The summed E-state index contributed by atoms with van der Waals surface area (Å²) in [5.41, 5.74) is 1.23. The number of aromatic nitrogens is 2. The minimum Gasteiger partial charge on any atom is -0.497 e. The minimum atomic E-state index is -0.206. The molecule has 3 rings (SSSR count). The van der Waals surface area contributed by atoms with Gasteiger partial charge in [-0.25, -0.2) is 5.10 Å². The molecule has 2 aromatic rings. The van der Waals surface area contributed by atoms with Crippen LogP contribution in [-0.2, 0) is 0 Å². The van der Waals surface area contributed by atoms with E-state index in [2.05, 4.69) is 20.4 Å². The van der Waals surface area contributed by atoms with Crippen LogP contribution in [0.2, 0.25) is 0 Å². The topological polar surface area (TPSA) is 87.3 Å². The molecule has 1 amide bonds. The van der Waals surface area contributed by atoms with Crippen LogP contribution < -0.4 is 20.5 Å². The summed E-state index contributed by atoms with van der Waals surface area (Å²) in [6.45, 7) is 1.55. The second kappa shape index (κ2) is 7.16. The van der Waals surface area contributed by atoms with E-state index in [1.54, 1.807) is 43.6 Å². The fourth-order valence-corrected chi connectivity index (χ4v) is 2.83. The van der Waals surface area contributed by atoms with Gasteiger partial charge in [0.2, 0.25) is 0 Å². The lowest BCUT2D eigenvalue weighted by Gasteiger charge is -2.33. The monoisotopic (exact) mass is 328 g/mol. The highest BCUT2D eigenvalue weighted by Crippen LogP contribution is 2.18. The normalized spacial score (nSPS) is 15.1. The van der Waals surface area contributed by atoms with Crippen molar-refractivity contribution in [3.05, 3.63) is 52.4 Å². The van der Waals surface area contributed by atoms with E-state index in [4.69, 9.17) is 4.74 Å². The number of aromatic amines is 1. The van der Waals surface area contributed by atoms with Gasteiger partial charge in [-0.15, -0.1) is 0 Å². The Labute approximate surface area is 139 Å². The average Bonchev–Trinajstić information content (AvgIpc) is 2.62. The van der Waals surface area contributed by atoms with Crippen molar-refractivity contribution in [2.75, 3.05) is 25.1 Å². The number of rotatable bonds is 4. The number of amides is 1. The number of hydrogen-bond donors (Lipinski definition) is 2. The molecule has 0 saturated carbocycles. The molecular weight excluding hydrogens is 308 g/mol. The molecule has 0 spiro atoms. The highest BCUT2D eigenvalue weighted by Gasteiger charge is 2.21. The highest BCUT2D eigenvalue weighted by molar-refractivity contribution is 5.94. The summed E-state index contributed by atoms with van der Waals surface area (Å²) in [5, 5.41) is 9.26. The van der Waals surface area contributed by atoms with Crippen LogP contribution in [0.4, 0.5) is 5.69 Å². The third kappa shape index (κ3) is 3.73. The van der Waals surface area contributed by atoms with Crippen molar-refractivity contribution >= 4 is 11.6 Å². The van der Waals surface area contributed by atoms with Crippen molar-refractivity contribution < 1.29 is 9.53 Å². The van der Waals surface area contributed by atoms with E-state index in [0.717, 1.165) is 37.4 Å². The maximum atomic E-state index is 12.3. The number of nitrogens with one attached hydrogen (secondary N) is 2. The second-order valence-corrected chi connectivity index (χ2v) is 5.77. The lowest BCUT2D eigenvalue weighted by Crippen LogP contribution is -2.45. The number of methoxy groups -OCH3 is 1. The van der Waals surface area contributed by atoms with Crippen LogP contribution in [0.3, 0.4) is 0 Å². The minimum absolute atomic E-state index is 0.0751. The molecule has 1 fully saturated rings. The van der Waals surface area contributed by atoms with Gasteiger partial charge in [-0.3, -0.25) is 9.59 Å². The Bertz CT molecular complexity index is 749. The third-order valence-corrected chi connectivity index (χ3v) is 4.20. The van der Waals surface area contributed by atoms with E-state index in [0.29, 0.717) is 5.56 Å². The number of piperidine rings is 1. The zero-order chi connectivity index (χ0) is 16.9. The molecule has 2 heterocycles. The first-order chi connectivity index (χ1) is 11.7. The van der Waals surface area contributed by atoms with Crippen molar-refractivity contribution in [3.63, 3.8) is 0 Å². The van der Waals surface area contributed by atoms with E-state index < -0.39 is 0 Å². The summed E-state index contributed by atoms with van der Waals surface area (Å²) in [6.07, 6.45) is 3.31. The van der Waals surface area contributed by atoms with Gasteiger partial charge in [-0.2, -0.15) is 5.10 Å². The van der Waals surface area contributed by atoms with E-state index in [-0.39, 0.29) is 17.5 Å². The number of anilines is 1. The number of carbonyl (C=O) groups excluding carboxylic acids is 1. The summed E-state index contributed by atoms with van der Waals surface area (Å²) in [4.78, 5) is 25.7. The van der Waals surface area contributed by atoms with Crippen LogP contribution in [0.1, 0.15) is 23.2 Å². The number of hydrogen-bond acceptors (Lipinski definition) is 5. The molecule has 0 radical (unpaired) electrons. The number of carbonyl (C=O) groups is 1. The summed E-state index contributed by atoms with van der Waals surface area (Å²) in [7, 11) is 1.60. The molecule has 1 aromatic carbocycles. The number of nitrogens with zero attached hydrogens (tertiary/aromatic N) is 2. The SMILES string of the molecule is COc1ccc(C(=O)NC2CCN(c3cn[nH]c(=O)c3)CC2)cc1. The van der Waals surface area contributed by atoms with E-state index in [1.807, 2.05) is 0 Å². The first-order valence-electron chi connectivity index (χ1n) is 7.90. The second-order valence-electron chi connectivity index (χ2n) is 5.77. The smallest absolute Gasteiger partial charge is 0.266 e. The number of H-pyrrole nitrogens is 1. The van der Waals surface area contributed by atoms with Gasteiger partial charge < -0.3 is 15.0 Å². The molecule has 0 atom stereocenters. The largest absolute Gasteiger partial charge is 0.497 e. The fourth-order valence-electron chi connectivity index (χ4n) is 2.83. The van der Waals surface area contributed by atoms with Crippen LogP contribution in [0.15, 0.2) is 41.3 Å². The fraction of sp³-hybridized carbons (Fsp3) is 0.353. The van der Waals surface area contributed by atoms with Crippen molar-refractivity contribution in [1.82, 2.24) is 15.5 Å².